The molecule has 7 nitrogen and oxygen atoms in total. The minimum Gasteiger partial charge on any atom is -0.511 e. The maximum atomic E-state index is 10.6. The maximum Gasteiger partial charge on any atom is 0.212 e. The standard InChI is InChI=1S/C29H36N4O3S/c1-23(35)29(32-20-31-21-34)28(18-30-22-37-2)17-26-9-5-24(6-10-26)3-4-25-7-11-27(12-8-25)19-33-13-15-36-16-14-33/h5-12,20-21,28,30,35H,13-19,22H2,1-2H3,(H,31,32,34)/b29-23+. The smallest absolute Gasteiger partial charge is 0.212 e. The van der Waals surface area contributed by atoms with Crippen molar-refractivity contribution in [2.24, 2.45) is 10.9 Å². The lowest BCUT2D eigenvalue weighted by Gasteiger charge is -2.26. The Morgan fingerprint density at radius 2 is 1.73 bits per heavy atom. The van der Waals surface area contributed by atoms with E-state index in [1.807, 2.05) is 18.4 Å². The van der Waals surface area contributed by atoms with Crippen molar-refractivity contribution < 1.29 is 14.6 Å². The van der Waals surface area contributed by atoms with E-state index >= 15 is 0 Å². The van der Waals surface area contributed by atoms with Crippen molar-refractivity contribution in [3.8, 4) is 11.8 Å². The van der Waals surface area contributed by atoms with Crippen LogP contribution < -0.4 is 10.6 Å². The predicted octanol–water partition coefficient (Wildman–Crippen LogP) is 3.55. The zero-order valence-electron chi connectivity index (χ0n) is 21.6. The van der Waals surface area contributed by atoms with Crippen molar-refractivity contribution in [3.05, 3.63) is 82.2 Å². The lowest BCUT2D eigenvalue weighted by atomic mass is 9.94. The summed E-state index contributed by atoms with van der Waals surface area (Å²) in [6.45, 7) is 6.78. The largest absolute Gasteiger partial charge is 0.511 e. The van der Waals surface area contributed by atoms with Crippen LogP contribution in [0.3, 0.4) is 0 Å². The van der Waals surface area contributed by atoms with Gasteiger partial charge in [-0.15, -0.1) is 11.8 Å². The molecule has 37 heavy (non-hydrogen) atoms. The van der Waals surface area contributed by atoms with Gasteiger partial charge in [-0.3, -0.25) is 9.69 Å². The first-order valence-corrected chi connectivity index (χ1v) is 13.8. The fourth-order valence-electron chi connectivity index (χ4n) is 4.10. The number of amides is 1. The summed E-state index contributed by atoms with van der Waals surface area (Å²) < 4.78 is 5.42. The number of thioether (sulfide) groups is 1. The summed E-state index contributed by atoms with van der Waals surface area (Å²) in [4.78, 5) is 17.3. The number of nitrogens with zero attached hydrogens (tertiary/aromatic N) is 2. The molecule has 1 fully saturated rings. The summed E-state index contributed by atoms with van der Waals surface area (Å²) in [6, 6.07) is 16.6. The van der Waals surface area contributed by atoms with Gasteiger partial charge < -0.3 is 20.5 Å². The molecule has 2 aromatic carbocycles. The average molecular weight is 521 g/mol. The highest BCUT2D eigenvalue weighted by atomic mass is 32.2. The third kappa shape index (κ3) is 10.1. The second-order valence-corrected chi connectivity index (χ2v) is 9.70. The van der Waals surface area contributed by atoms with E-state index in [4.69, 9.17) is 4.74 Å². The molecule has 0 bridgehead atoms. The number of ether oxygens (including phenoxy) is 1. The van der Waals surface area contributed by atoms with Gasteiger partial charge in [-0.05, 0) is 55.0 Å². The fraction of sp³-hybridized carbons (Fsp3) is 0.379. The van der Waals surface area contributed by atoms with E-state index in [0.29, 0.717) is 25.1 Å². The first-order valence-electron chi connectivity index (χ1n) is 12.4. The van der Waals surface area contributed by atoms with Crippen molar-refractivity contribution in [2.45, 2.75) is 19.9 Å². The number of aliphatic hydroxyl groups excluding tert-OH is 1. The van der Waals surface area contributed by atoms with Crippen LogP contribution in [0.1, 0.15) is 29.2 Å². The molecule has 1 saturated heterocycles. The number of benzene rings is 2. The van der Waals surface area contributed by atoms with Crippen molar-refractivity contribution in [1.29, 1.82) is 0 Å². The molecule has 3 rings (SSSR count). The highest BCUT2D eigenvalue weighted by Crippen LogP contribution is 2.21. The van der Waals surface area contributed by atoms with Crippen LogP contribution in [0.15, 0.2) is 65.0 Å². The van der Waals surface area contributed by atoms with E-state index in [2.05, 4.69) is 68.8 Å². The number of aliphatic imine (C=N–C) groups is 1. The fourth-order valence-corrected chi connectivity index (χ4v) is 4.42. The van der Waals surface area contributed by atoms with Crippen LogP contribution in [0.4, 0.5) is 0 Å². The zero-order valence-corrected chi connectivity index (χ0v) is 22.4. The Labute approximate surface area is 224 Å². The molecule has 3 N–H and O–H groups in total. The first-order chi connectivity index (χ1) is 18.1. The Hall–Kier alpha value is -3.09. The van der Waals surface area contributed by atoms with Crippen LogP contribution in [-0.2, 0) is 22.5 Å². The van der Waals surface area contributed by atoms with Crippen LogP contribution in [0.25, 0.3) is 0 Å². The SMILES string of the molecule is CSCNCC(Cc1ccc(C#Cc2ccc(CN3CCOCC3)cc2)cc1)/C(N=CNC=O)=C(/C)O. The molecule has 2 aromatic rings. The van der Waals surface area contributed by atoms with Gasteiger partial charge in [0, 0.05) is 49.1 Å². The molecule has 0 spiro atoms. The zero-order chi connectivity index (χ0) is 26.3. The lowest BCUT2D eigenvalue weighted by molar-refractivity contribution is -0.108. The van der Waals surface area contributed by atoms with Crippen LogP contribution in [0, 0.1) is 17.8 Å². The number of allylic oxidation sites excluding steroid dienone is 1. The number of rotatable bonds is 12. The van der Waals surface area contributed by atoms with Crippen molar-refractivity contribution >= 4 is 24.5 Å². The van der Waals surface area contributed by atoms with E-state index < -0.39 is 0 Å². The normalized spacial score (nSPS) is 15.5. The van der Waals surface area contributed by atoms with E-state index in [0.717, 1.165) is 55.4 Å². The molecule has 0 saturated carbocycles. The molecule has 0 radical (unpaired) electrons. The molecule has 1 aliphatic rings. The number of nitrogens with one attached hydrogen (secondary N) is 2. The van der Waals surface area contributed by atoms with Gasteiger partial charge in [0.2, 0.25) is 6.41 Å². The molecule has 1 amide bonds. The summed E-state index contributed by atoms with van der Waals surface area (Å²) in [5, 5.41) is 16.0. The molecular formula is C29H36N4O3S. The van der Waals surface area contributed by atoms with Crippen LogP contribution >= 0.6 is 11.8 Å². The van der Waals surface area contributed by atoms with Crippen molar-refractivity contribution in [2.75, 3.05) is 45.0 Å². The Kier molecular flexibility index (Phi) is 12.2. The second-order valence-electron chi connectivity index (χ2n) is 8.83. The monoisotopic (exact) mass is 520 g/mol. The average Bonchev–Trinajstić information content (AvgIpc) is 2.91. The summed E-state index contributed by atoms with van der Waals surface area (Å²) in [5.41, 5.74) is 4.89. The number of hydrogen-bond acceptors (Lipinski definition) is 7. The minimum absolute atomic E-state index is 0.0604. The van der Waals surface area contributed by atoms with E-state index in [1.165, 1.54) is 11.9 Å². The Bertz CT molecular complexity index is 1090. The molecule has 1 atom stereocenters. The summed E-state index contributed by atoms with van der Waals surface area (Å²) >= 11 is 1.70. The Morgan fingerprint density at radius 3 is 2.30 bits per heavy atom. The van der Waals surface area contributed by atoms with Crippen LogP contribution in [0.5, 0.6) is 0 Å². The minimum atomic E-state index is -0.0604. The molecule has 196 valence electrons. The van der Waals surface area contributed by atoms with Gasteiger partial charge in [-0.1, -0.05) is 36.1 Å². The summed E-state index contributed by atoms with van der Waals surface area (Å²) in [7, 11) is 0. The van der Waals surface area contributed by atoms with E-state index in [1.54, 1.807) is 18.7 Å². The van der Waals surface area contributed by atoms with Crippen molar-refractivity contribution in [1.82, 2.24) is 15.5 Å². The predicted molar refractivity (Wildman–Crippen MR) is 152 cm³/mol. The molecule has 8 heteroatoms. The third-order valence-corrected chi connectivity index (χ3v) is 6.48. The van der Waals surface area contributed by atoms with Gasteiger partial charge in [-0.2, -0.15) is 0 Å². The molecule has 1 heterocycles. The maximum absolute atomic E-state index is 10.6. The van der Waals surface area contributed by atoms with Gasteiger partial charge >= 0.3 is 0 Å². The quantitative estimate of drug-likeness (QED) is 0.0755. The van der Waals surface area contributed by atoms with E-state index in [9.17, 15) is 9.90 Å². The topological polar surface area (TPSA) is 86.2 Å². The number of carbonyl (C=O) groups is 1. The van der Waals surface area contributed by atoms with E-state index in [-0.39, 0.29) is 11.7 Å². The van der Waals surface area contributed by atoms with Crippen LogP contribution in [-0.4, -0.2) is 67.7 Å². The van der Waals surface area contributed by atoms with Gasteiger partial charge in [0.15, 0.2) is 0 Å². The third-order valence-electron chi connectivity index (χ3n) is 5.99. The Balaban J connectivity index is 1.63. The van der Waals surface area contributed by atoms with Gasteiger partial charge in [0.1, 0.15) is 5.76 Å². The second kappa shape index (κ2) is 15.9. The molecule has 1 aliphatic heterocycles. The molecule has 0 aliphatic carbocycles. The summed E-state index contributed by atoms with van der Waals surface area (Å²) in [6.07, 6.45) is 4.57. The number of carbonyl (C=O) groups excluding carboxylic acids is 1. The molecule has 0 aromatic heterocycles. The number of hydrogen-bond donors (Lipinski definition) is 3. The first kappa shape index (κ1) is 28.5. The van der Waals surface area contributed by atoms with Gasteiger partial charge in [-0.25, -0.2) is 4.99 Å². The highest BCUT2D eigenvalue weighted by Gasteiger charge is 2.17. The highest BCUT2D eigenvalue weighted by molar-refractivity contribution is 7.98. The summed E-state index contributed by atoms with van der Waals surface area (Å²) in [5.74, 6) is 7.39. The molecular weight excluding hydrogens is 484 g/mol. The lowest BCUT2D eigenvalue weighted by Crippen LogP contribution is -2.35. The number of morpholine rings is 1. The Morgan fingerprint density at radius 1 is 1.11 bits per heavy atom. The van der Waals surface area contributed by atoms with Gasteiger partial charge in [0.25, 0.3) is 0 Å². The number of aliphatic hydroxyl groups is 1. The van der Waals surface area contributed by atoms with Crippen LogP contribution in [0.2, 0.25) is 0 Å². The van der Waals surface area contributed by atoms with Gasteiger partial charge in [0.05, 0.1) is 25.2 Å². The van der Waals surface area contributed by atoms with Crippen molar-refractivity contribution in [3.63, 3.8) is 0 Å². The molecule has 1 unspecified atom stereocenters.